The predicted molar refractivity (Wildman–Crippen MR) is 62.2 cm³/mol. The average Bonchev–Trinajstić information content (AvgIpc) is 2.16. The fourth-order valence-corrected chi connectivity index (χ4v) is 1.56. The summed E-state index contributed by atoms with van der Waals surface area (Å²) in [5, 5.41) is 3.77. The number of halogens is 1. The van der Waals surface area contributed by atoms with Gasteiger partial charge in [-0.3, -0.25) is 4.90 Å². The molecule has 0 bridgehead atoms. The van der Waals surface area contributed by atoms with Crippen LogP contribution in [0.2, 0.25) is 0 Å². The first kappa shape index (κ1) is 13.5. The molecule has 0 N–H and O–H groups in total. The Morgan fingerprint density at radius 2 is 2.43 bits per heavy atom. The second-order valence-electron chi connectivity index (χ2n) is 3.26. The van der Waals surface area contributed by atoms with Crippen molar-refractivity contribution in [3.63, 3.8) is 0 Å². The molecule has 0 spiro atoms. The van der Waals surface area contributed by atoms with E-state index in [1.807, 2.05) is 6.21 Å². The second-order valence-corrected chi connectivity index (χ2v) is 3.26. The van der Waals surface area contributed by atoms with Gasteiger partial charge in [0.1, 0.15) is 7.11 Å². The average molecular weight is 219 g/mol. The highest BCUT2D eigenvalue weighted by atomic mass is 35.5. The molecular weight excluding hydrogens is 200 g/mol. The van der Waals surface area contributed by atoms with Crippen LogP contribution in [0.5, 0.6) is 0 Å². The Labute approximate surface area is 92.2 Å². The standard InChI is InChI=1S/C10H18N2O.ClH/c1-3-6-12-7-4-5-10(9-12)8-11-13-2;/h5,8H,3-4,6-7,9H2,1-2H3;1H/b11-8+;. The van der Waals surface area contributed by atoms with Gasteiger partial charge in [-0.15, -0.1) is 12.4 Å². The van der Waals surface area contributed by atoms with Crippen LogP contribution in [-0.2, 0) is 4.84 Å². The van der Waals surface area contributed by atoms with E-state index >= 15 is 0 Å². The van der Waals surface area contributed by atoms with Gasteiger partial charge in [0.15, 0.2) is 0 Å². The molecule has 0 amide bonds. The van der Waals surface area contributed by atoms with Crippen LogP contribution in [0.3, 0.4) is 0 Å². The molecule has 0 aromatic rings. The number of hydrogen-bond acceptors (Lipinski definition) is 3. The minimum Gasteiger partial charge on any atom is -0.399 e. The van der Waals surface area contributed by atoms with E-state index in [0.29, 0.717) is 0 Å². The van der Waals surface area contributed by atoms with Crippen molar-refractivity contribution in [2.75, 3.05) is 26.7 Å². The third-order valence-corrected chi connectivity index (χ3v) is 2.12. The quantitative estimate of drug-likeness (QED) is 0.533. The molecule has 0 saturated carbocycles. The molecule has 1 aliphatic heterocycles. The van der Waals surface area contributed by atoms with Gasteiger partial charge >= 0.3 is 0 Å². The lowest BCUT2D eigenvalue weighted by Gasteiger charge is -2.24. The number of oxime groups is 1. The highest BCUT2D eigenvalue weighted by Crippen LogP contribution is 2.08. The Hall–Kier alpha value is -0.540. The molecular formula is C10H19ClN2O. The largest absolute Gasteiger partial charge is 0.399 e. The van der Waals surface area contributed by atoms with Crippen molar-refractivity contribution in [3.8, 4) is 0 Å². The van der Waals surface area contributed by atoms with Crippen molar-refractivity contribution in [2.24, 2.45) is 5.16 Å². The van der Waals surface area contributed by atoms with Crippen molar-refractivity contribution in [3.05, 3.63) is 11.6 Å². The third kappa shape index (κ3) is 4.63. The summed E-state index contributed by atoms with van der Waals surface area (Å²) >= 11 is 0. The molecule has 4 heteroatoms. The second kappa shape index (κ2) is 7.83. The summed E-state index contributed by atoms with van der Waals surface area (Å²) in [6, 6.07) is 0. The summed E-state index contributed by atoms with van der Waals surface area (Å²) in [4.78, 5) is 7.09. The Bertz CT molecular complexity index is 204. The van der Waals surface area contributed by atoms with Crippen LogP contribution >= 0.6 is 12.4 Å². The zero-order valence-electron chi connectivity index (χ0n) is 8.90. The molecule has 0 aromatic carbocycles. The lowest BCUT2D eigenvalue weighted by Crippen LogP contribution is -2.30. The van der Waals surface area contributed by atoms with Gasteiger partial charge in [0.05, 0.1) is 6.21 Å². The molecule has 1 rings (SSSR count). The highest BCUT2D eigenvalue weighted by Gasteiger charge is 2.09. The van der Waals surface area contributed by atoms with E-state index in [1.54, 1.807) is 7.11 Å². The molecule has 82 valence electrons. The number of rotatable bonds is 4. The molecule has 0 fully saturated rings. The zero-order valence-corrected chi connectivity index (χ0v) is 9.72. The first-order chi connectivity index (χ1) is 6.36. The molecule has 0 unspecified atom stereocenters. The van der Waals surface area contributed by atoms with Gasteiger partial charge < -0.3 is 4.84 Å². The van der Waals surface area contributed by atoms with Gasteiger partial charge in [-0.05, 0) is 25.0 Å². The van der Waals surface area contributed by atoms with E-state index in [-0.39, 0.29) is 12.4 Å². The Morgan fingerprint density at radius 3 is 3.07 bits per heavy atom. The number of nitrogens with zero attached hydrogens (tertiary/aromatic N) is 2. The molecule has 0 aromatic heterocycles. The molecule has 0 atom stereocenters. The SMILES string of the molecule is CCCN1CCC=C(/C=N/OC)C1.Cl. The maximum absolute atomic E-state index is 4.65. The summed E-state index contributed by atoms with van der Waals surface area (Å²) in [5.41, 5.74) is 1.27. The zero-order chi connectivity index (χ0) is 9.52. The topological polar surface area (TPSA) is 24.8 Å². The molecule has 0 saturated heterocycles. The van der Waals surface area contributed by atoms with E-state index in [2.05, 4.69) is 27.9 Å². The monoisotopic (exact) mass is 218 g/mol. The summed E-state index contributed by atoms with van der Waals surface area (Å²) in [7, 11) is 1.57. The normalized spacial score (nSPS) is 17.7. The van der Waals surface area contributed by atoms with Crippen LogP contribution in [0.4, 0.5) is 0 Å². The van der Waals surface area contributed by atoms with Gasteiger partial charge in [0.25, 0.3) is 0 Å². The maximum Gasteiger partial charge on any atom is 0.106 e. The fourth-order valence-electron chi connectivity index (χ4n) is 1.56. The molecule has 1 aliphatic rings. The van der Waals surface area contributed by atoms with Crippen molar-refractivity contribution >= 4 is 18.6 Å². The smallest absolute Gasteiger partial charge is 0.106 e. The minimum atomic E-state index is 0. The molecule has 1 heterocycles. The number of hydrogen-bond donors (Lipinski definition) is 0. The van der Waals surface area contributed by atoms with Crippen LogP contribution in [0.25, 0.3) is 0 Å². The van der Waals surface area contributed by atoms with E-state index < -0.39 is 0 Å². The van der Waals surface area contributed by atoms with Crippen molar-refractivity contribution in [2.45, 2.75) is 19.8 Å². The van der Waals surface area contributed by atoms with Crippen LogP contribution < -0.4 is 0 Å². The van der Waals surface area contributed by atoms with E-state index in [1.165, 1.54) is 25.1 Å². The van der Waals surface area contributed by atoms with E-state index in [0.717, 1.165) is 13.0 Å². The lowest BCUT2D eigenvalue weighted by molar-refractivity contribution is 0.215. The predicted octanol–water partition coefficient (Wildman–Crippen LogP) is 2.08. The van der Waals surface area contributed by atoms with Crippen LogP contribution in [0, 0.1) is 0 Å². The van der Waals surface area contributed by atoms with E-state index in [4.69, 9.17) is 0 Å². The van der Waals surface area contributed by atoms with Gasteiger partial charge in [0.2, 0.25) is 0 Å². The Morgan fingerprint density at radius 1 is 1.64 bits per heavy atom. The van der Waals surface area contributed by atoms with Crippen LogP contribution in [0.1, 0.15) is 19.8 Å². The summed E-state index contributed by atoms with van der Waals surface area (Å²) in [5.74, 6) is 0. The summed E-state index contributed by atoms with van der Waals surface area (Å²) in [6.45, 7) is 5.58. The lowest BCUT2D eigenvalue weighted by atomic mass is 10.1. The van der Waals surface area contributed by atoms with Gasteiger partial charge in [-0.2, -0.15) is 0 Å². The van der Waals surface area contributed by atoms with E-state index in [9.17, 15) is 0 Å². The van der Waals surface area contributed by atoms with Crippen molar-refractivity contribution in [1.82, 2.24) is 4.90 Å². The summed E-state index contributed by atoms with van der Waals surface area (Å²) in [6.07, 6.45) is 6.39. The van der Waals surface area contributed by atoms with Gasteiger partial charge in [-0.25, -0.2) is 0 Å². The van der Waals surface area contributed by atoms with Crippen LogP contribution in [-0.4, -0.2) is 37.9 Å². The Kier molecular flexibility index (Phi) is 7.52. The Balaban J connectivity index is 0.00000169. The maximum atomic E-state index is 4.65. The van der Waals surface area contributed by atoms with Crippen LogP contribution in [0.15, 0.2) is 16.8 Å². The van der Waals surface area contributed by atoms with Crippen molar-refractivity contribution in [1.29, 1.82) is 0 Å². The fraction of sp³-hybridized carbons (Fsp3) is 0.700. The molecule has 3 nitrogen and oxygen atoms in total. The molecule has 14 heavy (non-hydrogen) atoms. The molecule has 0 aliphatic carbocycles. The van der Waals surface area contributed by atoms with Gasteiger partial charge in [-0.1, -0.05) is 18.2 Å². The van der Waals surface area contributed by atoms with Gasteiger partial charge in [0, 0.05) is 13.1 Å². The third-order valence-electron chi connectivity index (χ3n) is 2.12. The molecule has 0 radical (unpaired) electrons. The van der Waals surface area contributed by atoms with Crippen molar-refractivity contribution < 1.29 is 4.84 Å². The highest BCUT2D eigenvalue weighted by molar-refractivity contribution is 5.85. The summed E-state index contributed by atoms with van der Waals surface area (Å²) < 4.78 is 0. The first-order valence-corrected chi connectivity index (χ1v) is 4.84. The minimum absolute atomic E-state index is 0. The first-order valence-electron chi connectivity index (χ1n) is 4.84.